The molecular formula is C18H20N4O6S. The van der Waals surface area contributed by atoms with Gasteiger partial charge in [-0.15, -0.1) is 0 Å². The van der Waals surface area contributed by atoms with Gasteiger partial charge in [-0.2, -0.15) is 0 Å². The Bertz CT molecular complexity index is 1080. The third-order valence-corrected chi connectivity index (χ3v) is 5.52. The fourth-order valence-corrected chi connectivity index (χ4v) is 3.91. The molecule has 3 rings (SSSR count). The molecule has 1 aliphatic heterocycles. The van der Waals surface area contributed by atoms with E-state index in [9.17, 15) is 18.0 Å². The smallest absolute Gasteiger partial charge is 0.331 e. The van der Waals surface area contributed by atoms with Crippen LogP contribution in [0.3, 0.4) is 0 Å². The minimum Gasteiger partial charge on any atom is -0.451 e. The van der Waals surface area contributed by atoms with Crippen LogP contribution in [0.25, 0.3) is 0 Å². The number of hydrogen-bond acceptors (Lipinski definition) is 8. The highest BCUT2D eigenvalue weighted by Crippen LogP contribution is 2.22. The zero-order valence-corrected chi connectivity index (χ0v) is 16.8. The van der Waals surface area contributed by atoms with Gasteiger partial charge in [-0.05, 0) is 32.4 Å². The Morgan fingerprint density at radius 3 is 2.72 bits per heavy atom. The number of amides is 1. The predicted octanol–water partition coefficient (Wildman–Crippen LogP) is 1.37. The number of carbonyl (C=O) groups excluding carboxylic acids is 2. The number of rotatable bonds is 6. The Balaban J connectivity index is 1.70. The number of ether oxygens (including phenoxy) is 1. The summed E-state index contributed by atoms with van der Waals surface area (Å²) in [6.45, 7) is 4.82. The number of nitrogens with zero attached hydrogens (tertiary/aromatic N) is 2. The number of fused-ring (bicyclic) bond motifs is 1. The third kappa shape index (κ3) is 4.45. The summed E-state index contributed by atoms with van der Waals surface area (Å²) in [5.41, 5.74) is 0.373. The number of amidine groups is 1. The van der Waals surface area contributed by atoms with Gasteiger partial charge in [0.2, 0.25) is 0 Å². The SMILES string of the molecule is CC[C@H](OC(=O)[C@@H](C)N=C1NS(=O)(=O)c2ccccc21)C(=O)Nc1cc(C)on1. The van der Waals surface area contributed by atoms with Gasteiger partial charge in [0, 0.05) is 11.6 Å². The van der Waals surface area contributed by atoms with Gasteiger partial charge in [-0.1, -0.05) is 24.2 Å². The van der Waals surface area contributed by atoms with E-state index < -0.39 is 34.0 Å². The number of carbonyl (C=O) groups is 2. The minimum absolute atomic E-state index is 0.0561. The van der Waals surface area contributed by atoms with E-state index in [0.29, 0.717) is 11.3 Å². The van der Waals surface area contributed by atoms with E-state index in [1.54, 1.807) is 32.0 Å². The van der Waals surface area contributed by atoms with Gasteiger partial charge >= 0.3 is 5.97 Å². The predicted molar refractivity (Wildman–Crippen MR) is 103 cm³/mol. The Morgan fingerprint density at radius 2 is 2.07 bits per heavy atom. The van der Waals surface area contributed by atoms with E-state index in [-0.39, 0.29) is 23.0 Å². The van der Waals surface area contributed by atoms with Crippen LogP contribution < -0.4 is 10.0 Å². The van der Waals surface area contributed by atoms with Crippen LogP contribution in [0, 0.1) is 6.92 Å². The van der Waals surface area contributed by atoms with Gasteiger partial charge in [0.15, 0.2) is 11.9 Å². The molecular weight excluding hydrogens is 400 g/mol. The van der Waals surface area contributed by atoms with E-state index in [4.69, 9.17) is 9.26 Å². The number of anilines is 1. The number of aryl methyl sites for hydroxylation is 1. The molecule has 0 radical (unpaired) electrons. The number of aliphatic imine (C=N–C) groups is 1. The maximum Gasteiger partial charge on any atom is 0.331 e. The van der Waals surface area contributed by atoms with Crippen molar-refractivity contribution in [2.24, 2.45) is 4.99 Å². The highest BCUT2D eigenvalue weighted by molar-refractivity contribution is 7.90. The first-order chi connectivity index (χ1) is 13.7. The molecule has 29 heavy (non-hydrogen) atoms. The third-order valence-electron chi connectivity index (χ3n) is 4.13. The van der Waals surface area contributed by atoms with Gasteiger partial charge in [-0.25, -0.2) is 13.2 Å². The zero-order valence-electron chi connectivity index (χ0n) is 16.0. The molecule has 2 aromatic rings. The fourth-order valence-electron chi connectivity index (χ4n) is 2.67. The lowest BCUT2D eigenvalue weighted by Gasteiger charge is -2.16. The summed E-state index contributed by atoms with van der Waals surface area (Å²) >= 11 is 0. The number of aromatic nitrogens is 1. The molecule has 0 spiro atoms. The molecule has 2 heterocycles. The van der Waals surface area contributed by atoms with Crippen molar-refractivity contribution in [3.05, 3.63) is 41.7 Å². The van der Waals surface area contributed by atoms with Crippen molar-refractivity contribution in [3.8, 4) is 0 Å². The molecule has 1 aromatic heterocycles. The van der Waals surface area contributed by atoms with Gasteiger partial charge in [0.25, 0.3) is 15.9 Å². The van der Waals surface area contributed by atoms with E-state index in [0.717, 1.165) is 0 Å². The quantitative estimate of drug-likeness (QED) is 0.673. The summed E-state index contributed by atoms with van der Waals surface area (Å²) in [6, 6.07) is 6.81. The Kier molecular flexibility index (Phi) is 5.69. The number of sulfonamides is 1. The molecule has 0 saturated carbocycles. The minimum atomic E-state index is -3.71. The molecule has 10 nitrogen and oxygen atoms in total. The first-order valence-electron chi connectivity index (χ1n) is 8.86. The van der Waals surface area contributed by atoms with Gasteiger partial charge in [0.05, 0.1) is 4.90 Å². The summed E-state index contributed by atoms with van der Waals surface area (Å²) in [5.74, 6) is -0.526. The van der Waals surface area contributed by atoms with Crippen LogP contribution in [0.2, 0.25) is 0 Å². The van der Waals surface area contributed by atoms with Crippen LogP contribution >= 0.6 is 0 Å². The van der Waals surface area contributed by atoms with Crippen molar-refractivity contribution < 1.29 is 27.3 Å². The molecule has 11 heteroatoms. The molecule has 2 N–H and O–H groups in total. The molecule has 0 unspecified atom stereocenters. The largest absolute Gasteiger partial charge is 0.451 e. The summed E-state index contributed by atoms with van der Waals surface area (Å²) in [7, 11) is -3.71. The van der Waals surface area contributed by atoms with Crippen LogP contribution in [0.5, 0.6) is 0 Å². The maximum atomic E-state index is 12.4. The average Bonchev–Trinajstić information content (AvgIpc) is 3.20. The van der Waals surface area contributed by atoms with Gasteiger partial charge in [-0.3, -0.25) is 14.5 Å². The lowest BCUT2D eigenvalue weighted by Crippen LogP contribution is -2.35. The van der Waals surface area contributed by atoms with Crippen molar-refractivity contribution in [2.45, 2.75) is 44.2 Å². The fraction of sp³-hybridized carbons (Fsp3) is 0.333. The van der Waals surface area contributed by atoms with Crippen LogP contribution in [-0.2, 0) is 24.3 Å². The standard InChI is InChI=1S/C18H20N4O6S/c1-4-13(17(23)20-15-9-10(2)28-21-15)27-18(24)11(3)19-16-12-7-5-6-8-14(12)29(25,26)22-16/h5-9,11,13H,4H2,1-3H3,(H,19,22)(H,20,21,23)/t11-,13+/m1/s1. The zero-order chi connectivity index (χ0) is 21.2. The number of benzene rings is 1. The second-order valence-corrected chi connectivity index (χ2v) is 8.05. The molecule has 0 saturated heterocycles. The monoisotopic (exact) mass is 420 g/mol. The molecule has 1 amide bonds. The summed E-state index contributed by atoms with van der Waals surface area (Å²) < 4.78 is 36.7. The van der Waals surface area contributed by atoms with E-state index >= 15 is 0 Å². The van der Waals surface area contributed by atoms with E-state index in [2.05, 4.69) is 20.2 Å². The number of hydrogen-bond donors (Lipinski definition) is 2. The molecule has 1 aliphatic rings. The van der Waals surface area contributed by atoms with Crippen molar-refractivity contribution in [3.63, 3.8) is 0 Å². The Hall–Kier alpha value is -3.21. The number of esters is 1. The highest BCUT2D eigenvalue weighted by Gasteiger charge is 2.32. The maximum absolute atomic E-state index is 12.4. The summed E-state index contributed by atoms with van der Waals surface area (Å²) in [6.07, 6.45) is -0.831. The normalized spacial score (nSPS) is 17.8. The Morgan fingerprint density at radius 1 is 1.34 bits per heavy atom. The van der Waals surface area contributed by atoms with Crippen LogP contribution in [0.4, 0.5) is 5.82 Å². The molecule has 154 valence electrons. The first kappa shape index (κ1) is 20.5. The summed E-state index contributed by atoms with van der Waals surface area (Å²) in [4.78, 5) is 29.0. The second kappa shape index (κ2) is 8.03. The van der Waals surface area contributed by atoms with Gasteiger partial charge in [0.1, 0.15) is 17.6 Å². The van der Waals surface area contributed by atoms with Crippen LogP contribution in [0.15, 0.2) is 44.7 Å². The first-order valence-corrected chi connectivity index (χ1v) is 10.3. The van der Waals surface area contributed by atoms with Crippen molar-refractivity contribution >= 4 is 33.6 Å². The lowest BCUT2D eigenvalue weighted by molar-refractivity contribution is -0.155. The highest BCUT2D eigenvalue weighted by atomic mass is 32.2. The van der Waals surface area contributed by atoms with Gasteiger partial charge < -0.3 is 14.6 Å². The van der Waals surface area contributed by atoms with Crippen molar-refractivity contribution in [1.29, 1.82) is 0 Å². The molecule has 0 bridgehead atoms. The molecule has 2 atom stereocenters. The van der Waals surface area contributed by atoms with Crippen molar-refractivity contribution in [2.75, 3.05) is 5.32 Å². The lowest BCUT2D eigenvalue weighted by atomic mass is 10.2. The molecule has 1 aromatic carbocycles. The van der Waals surface area contributed by atoms with Crippen molar-refractivity contribution in [1.82, 2.24) is 9.88 Å². The summed E-state index contributed by atoms with van der Waals surface area (Å²) in [5, 5.41) is 6.16. The Labute approximate surface area is 167 Å². The van der Waals surface area contributed by atoms with Crippen LogP contribution in [0.1, 0.15) is 31.6 Å². The molecule has 0 fully saturated rings. The number of nitrogens with one attached hydrogen (secondary N) is 2. The van der Waals surface area contributed by atoms with E-state index in [1.165, 1.54) is 19.1 Å². The second-order valence-electron chi connectivity index (χ2n) is 6.40. The van der Waals surface area contributed by atoms with Crippen LogP contribution in [-0.4, -0.2) is 43.4 Å². The topological polar surface area (TPSA) is 140 Å². The average molecular weight is 420 g/mol. The molecule has 0 aliphatic carbocycles. The van der Waals surface area contributed by atoms with E-state index in [1.807, 2.05) is 0 Å².